The molecule has 2 N–H and O–H groups in total. The summed E-state index contributed by atoms with van der Waals surface area (Å²) in [5, 5.41) is 12.3. The van der Waals surface area contributed by atoms with Crippen molar-refractivity contribution in [1.29, 1.82) is 0 Å². The van der Waals surface area contributed by atoms with E-state index in [0.29, 0.717) is 15.8 Å². The second kappa shape index (κ2) is 6.52. The maximum absolute atomic E-state index is 11.3. The van der Waals surface area contributed by atoms with Crippen molar-refractivity contribution < 1.29 is 9.90 Å². The third-order valence-electron chi connectivity index (χ3n) is 2.55. The first-order valence-electron chi connectivity index (χ1n) is 5.53. The normalized spacial score (nSPS) is 12.3. The van der Waals surface area contributed by atoms with Crippen LogP contribution in [0.15, 0.2) is 40.9 Å². The van der Waals surface area contributed by atoms with Crippen molar-refractivity contribution in [2.45, 2.75) is 12.6 Å². The zero-order chi connectivity index (χ0) is 13.8. The highest BCUT2D eigenvalue weighted by atomic mass is 79.9. The number of halogens is 2. The molecule has 0 saturated carbocycles. The molecule has 0 bridgehead atoms. The van der Waals surface area contributed by atoms with Gasteiger partial charge in [-0.05, 0) is 27.6 Å². The van der Waals surface area contributed by atoms with Gasteiger partial charge in [0.15, 0.2) is 0 Å². The molecule has 0 radical (unpaired) electrons. The number of hydrogen-bond acceptors (Lipinski definition) is 3. The van der Waals surface area contributed by atoms with Crippen LogP contribution < -0.4 is 5.32 Å². The maximum Gasteiger partial charge on any atom is 0.326 e. The van der Waals surface area contributed by atoms with Gasteiger partial charge in [0.25, 0.3) is 0 Å². The first-order chi connectivity index (χ1) is 9.08. The van der Waals surface area contributed by atoms with Crippen LogP contribution in [-0.2, 0) is 11.3 Å². The summed E-state index contributed by atoms with van der Waals surface area (Å²) in [5.74, 6) is -0.915. The molecule has 6 heteroatoms. The average molecular weight is 361 g/mol. The van der Waals surface area contributed by atoms with Gasteiger partial charge in [0.05, 0.1) is 0 Å². The highest BCUT2D eigenvalue weighted by Crippen LogP contribution is 2.35. The summed E-state index contributed by atoms with van der Waals surface area (Å²) in [6.07, 6.45) is 0. The number of carboxylic acids is 1. The molecule has 3 nitrogen and oxygen atoms in total. The molecule has 1 atom stereocenters. The minimum absolute atomic E-state index is 0.491. The Morgan fingerprint density at radius 3 is 2.63 bits per heavy atom. The van der Waals surface area contributed by atoms with Crippen LogP contribution in [-0.4, -0.2) is 11.1 Å². The number of rotatable bonds is 5. The van der Waals surface area contributed by atoms with Gasteiger partial charge in [0, 0.05) is 15.9 Å². The van der Waals surface area contributed by atoms with Gasteiger partial charge in [-0.3, -0.25) is 10.1 Å². The average Bonchev–Trinajstić information content (AvgIpc) is 2.70. The second-order valence-corrected chi connectivity index (χ2v) is 6.45. The van der Waals surface area contributed by atoms with E-state index in [4.69, 9.17) is 11.6 Å². The van der Waals surface area contributed by atoms with Gasteiger partial charge in [-0.25, -0.2) is 0 Å². The topological polar surface area (TPSA) is 49.3 Å². The zero-order valence-corrected chi connectivity index (χ0v) is 12.9. The summed E-state index contributed by atoms with van der Waals surface area (Å²) in [5.41, 5.74) is 1.04. The summed E-state index contributed by atoms with van der Waals surface area (Å²) in [6, 6.07) is 10.6. The van der Waals surface area contributed by atoms with Crippen molar-refractivity contribution in [3.05, 3.63) is 55.6 Å². The first kappa shape index (κ1) is 14.5. The standard InChI is InChI=1S/C13H11BrClNO2S/c14-9-6-10(19-12(9)15)11(13(17)18)16-7-8-4-2-1-3-5-8/h1-6,11,16H,7H2,(H,17,18). The van der Waals surface area contributed by atoms with Gasteiger partial charge < -0.3 is 5.11 Å². The Bertz CT molecular complexity index is 554. The van der Waals surface area contributed by atoms with E-state index in [1.807, 2.05) is 30.3 Å². The SMILES string of the molecule is O=C(O)C(NCc1ccccc1)c1cc(Br)c(Cl)s1. The van der Waals surface area contributed by atoms with Crippen LogP contribution in [0.5, 0.6) is 0 Å². The molecule has 1 aromatic heterocycles. The van der Waals surface area contributed by atoms with Gasteiger partial charge in [-0.15, -0.1) is 11.3 Å². The maximum atomic E-state index is 11.3. The number of aliphatic carboxylic acids is 1. The summed E-state index contributed by atoms with van der Waals surface area (Å²) in [6.45, 7) is 0.491. The van der Waals surface area contributed by atoms with E-state index in [0.717, 1.165) is 10.0 Å². The van der Waals surface area contributed by atoms with E-state index in [1.165, 1.54) is 11.3 Å². The van der Waals surface area contributed by atoms with Gasteiger partial charge in [0.1, 0.15) is 10.4 Å². The molecular formula is C13H11BrClNO2S. The second-order valence-electron chi connectivity index (χ2n) is 3.91. The third kappa shape index (κ3) is 3.79. The molecule has 19 heavy (non-hydrogen) atoms. The molecule has 0 aliphatic carbocycles. The fourth-order valence-corrected chi connectivity index (χ4v) is 3.44. The molecule has 1 heterocycles. The lowest BCUT2D eigenvalue weighted by atomic mass is 10.2. The van der Waals surface area contributed by atoms with Crippen molar-refractivity contribution in [3.63, 3.8) is 0 Å². The third-order valence-corrected chi connectivity index (χ3v) is 5.09. The molecule has 0 aliphatic heterocycles. The molecule has 0 amide bonds. The predicted octanol–water partition coefficient (Wildman–Crippen LogP) is 4.08. The van der Waals surface area contributed by atoms with E-state index >= 15 is 0 Å². The number of thiophene rings is 1. The quantitative estimate of drug-likeness (QED) is 0.844. The minimum atomic E-state index is -0.915. The zero-order valence-electron chi connectivity index (χ0n) is 9.77. The van der Waals surface area contributed by atoms with E-state index in [2.05, 4.69) is 21.2 Å². The summed E-state index contributed by atoms with van der Waals surface area (Å²) >= 11 is 10.5. The van der Waals surface area contributed by atoms with E-state index in [9.17, 15) is 9.90 Å². The Balaban J connectivity index is 2.11. The lowest BCUT2D eigenvalue weighted by Gasteiger charge is -2.12. The molecule has 0 saturated heterocycles. The number of hydrogen-bond donors (Lipinski definition) is 2. The summed E-state index contributed by atoms with van der Waals surface area (Å²) < 4.78 is 1.28. The highest BCUT2D eigenvalue weighted by Gasteiger charge is 2.22. The molecule has 100 valence electrons. The van der Waals surface area contributed by atoms with Crippen molar-refractivity contribution in [2.75, 3.05) is 0 Å². The molecule has 2 rings (SSSR count). The van der Waals surface area contributed by atoms with Crippen LogP contribution in [0, 0.1) is 0 Å². The minimum Gasteiger partial charge on any atom is -0.480 e. The molecule has 2 aromatic rings. The Morgan fingerprint density at radius 1 is 1.42 bits per heavy atom. The Hall–Kier alpha value is -0.880. The van der Waals surface area contributed by atoms with Crippen LogP contribution in [0.2, 0.25) is 4.34 Å². The van der Waals surface area contributed by atoms with Gasteiger partial charge in [-0.1, -0.05) is 41.9 Å². The van der Waals surface area contributed by atoms with Gasteiger partial charge in [-0.2, -0.15) is 0 Å². The Kier molecular flexibility index (Phi) is 4.99. The van der Waals surface area contributed by atoms with Crippen molar-refractivity contribution in [1.82, 2.24) is 5.32 Å². The molecule has 0 fully saturated rings. The lowest BCUT2D eigenvalue weighted by molar-refractivity contribution is -0.139. The van der Waals surface area contributed by atoms with E-state index in [-0.39, 0.29) is 0 Å². The van der Waals surface area contributed by atoms with Crippen LogP contribution >= 0.6 is 38.9 Å². The molecule has 0 spiro atoms. The van der Waals surface area contributed by atoms with Gasteiger partial charge >= 0.3 is 5.97 Å². The Morgan fingerprint density at radius 2 is 2.11 bits per heavy atom. The Labute approximate surface area is 128 Å². The number of nitrogens with one attached hydrogen (secondary N) is 1. The fraction of sp³-hybridized carbons (Fsp3) is 0.154. The molecule has 0 aliphatic rings. The van der Waals surface area contributed by atoms with Gasteiger partial charge in [0.2, 0.25) is 0 Å². The van der Waals surface area contributed by atoms with Crippen LogP contribution in [0.1, 0.15) is 16.5 Å². The molecule has 1 unspecified atom stereocenters. The fourth-order valence-electron chi connectivity index (χ4n) is 1.63. The van der Waals surface area contributed by atoms with Crippen LogP contribution in [0.3, 0.4) is 0 Å². The molecule has 1 aromatic carbocycles. The van der Waals surface area contributed by atoms with Crippen molar-refractivity contribution in [2.24, 2.45) is 0 Å². The van der Waals surface area contributed by atoms with Crippen molar-refractivity contribution >= 4 is 44.8 Å². The summed E-state index contributed by atoms with van der Waals surface area (Å²) in [7, 11) is 0. The lowest BCUT2D eigenvalue weighted by Crippen LogP contribution is -2.27. The van der Waals surface area contributed by atoms with Crippen LogP contribution in [0.25, 0.3) is 0 Å². The number of carbonyl (C=O) groups is 1. The monoisotopic (exact) mass is 359 g/mol. The number of benzene rings is 1. The number of carboxylic acid groups (broad SMARTS) is 1. The largest absolute Gasteiger partial charge is 0.480 e. The van der Waals surface area contributed by atoms with E-state index in [1.54, 1.807) is 6.07 Å². The van der Waals surface area contributed by atoms with E-state index < -0.39 is 12.0 Å². The smallest absolute Gasteiger partial charge is 0.326 e. The molecular weight excluding hydrogens is 350 g/mol. The van der Waals surface area contributed by atoms with Crippen LogP contribution in [0.4, 0.5) is 0 Å². The summed E-state index contributed by atoms with van der Waals surface area (Å²) in [4.78, 5) is 12.0. The predicted molar refractivity (Wildman–Crippen MR) is 80.7 cm³/mol. The first-order valence-corrected chi connectivity index (χ1v) is 7.51. The highest BCUT2D eigenvalue weighted by molar-refractivity contribution is 9.10. The van der Waals surface area contributed by atoms with Crippen molar-refractivity contribution in [3.8, 4) is 0 Å².